The van der Waals surface area contributed by atoms with Gasteiger partial charge in [-0.05, 0) is 39.0 Å². The van der Waals surface area contributed by atoms with Crippen LogP contribution in [-0.4, -0.2) is 21.9 Å². The van der Waals surface area contributed by atoms with Crippen molar-refractivity contribution in [2.75, 3.05) is 16.0 Å². The lowest BCUT2D eigenvalue weighted by Gasteiger charge is -2.12. The lowest BCUT2D eigenvalue weighted by atomic mass is 10.2. The van der Waals surface area contributed by atoms with Gasteiger partial charge in [-0.3, -0.25) is 4.79 Å². The number of nitrogens with one attached hydrogen (secondary N) is 3. The van der Waals surface area contributed by atoms with Gasteiger partial charge in [-0.2, -0.15) is 4.98 Å². The zero-order valence-corrected chi connectivity index (χ0v) is 13.3. The van der Waals surface area contributed by atoms with Crippen molar-refractivity contribution >= 4 is 29.0 Å². The molecule has 3 N–H and O–H groups in total. The molecule has 0 saturated carbocycles. The normalized spacial score (nSPS) is 10.4. The Morgan fingerprint density at radius 3 is 2.55 bits per heavy atom. The smallest absolute Gasteiger partial charge is 0.225 e. The summed E-state index contributed by atoms with van der Waals surface area (Å²) in [5.74, 6) is 1.20. The van der Waals surface area contributed by atoms with E-state index in [0.717, 1.165) is 17.1 Å². The number of hydrogen-bond acceptors (Lipinski definition) is 5. The minimum atomic E-state index is -0.0987. The van der Waals surface area contributed by atoms with E-state index >= 15 is 0 Å². The summed E-state index contributed by atoms with van der Waals surface area (Å²) >= 11 is 0. The highest BCUT2D eigenvalue weighted by Crippen LogP contribution is 2.20. The largest absolute Gasteiger partial charge is 0.352 e. The van der Waals surface area contributed by atoms with Crippen LogP contribution in [0.25, 0.3) is 0 Å². The van der Waals surface area contributed by atoms with Gasteiger partial charge in [0.05, 0.1) is 0 Å². The van der Waals surface area contributed by atoms with E-state index in [1.165, 1.54) is 6.92 Å². The summed E-state index contributed by atoms with van der Waals surface area (Å²) in [6.45, 7) is 7.48. The van der Waals surface area contributed by atoms with E-state index < -0.39 is 0 Å². The first-order chi connectivity index (χ1) is 10.4. The Bertz CT molecular complexity index is 669. The van der Waals surface area contributed by atoms with Gasteiger partial charge in [-0.1, -0.05) is 6.07 Å². The number of aryl methyl sites for hydroxylation is 1. The van der Waals surface area contributed by atoms with Gasteiger partial charge in [0.25, 0.3) is 0 Å². The molecule has 1 amide bonds. The molecule has 0 saturated heterocycles. The molecule has 0 bridgehead atoms. The average molecular weight is 299 g/mol. The van der Waals surface area contributed by atoms with Crippen molar-refractivity contribution in [2.45, 2.75) is 33.7 Å². The number of rotatable bonds is 5. The van der Waals surface area contributed by atoms with Gasteiger partial charge in [-0.15, -0.1) is 0 Å². The van der Waals surface area contributed by atoms with Crippen LogP contribution in [0.1, 0.15) is 26.5 Å². The molecule has 6 heteroatoms. The summed E-state index contributed by atoms with van der Waals surface area (Å²) in [5, 5.41) is 9.18. The molecule has 0 aliphatic heterocycles. The Kier molecular flexibility index (Phi) is 4.93. The molecule has 0 spiro atoms. The predicted octanol–water partition coefficient (Wildman–Crippen LogP) is 3.31. The van der Waals surface area contributed by atoms with Crippen molar-refractivity contribution in [3.8, 4) is 0 Å². The maximum atomic E-state index is 11.1. The van der Waals surface area contributed by atoms with Gasteiger partial charge in [0.1, 0.15) is 5.82 Å². The molecule has 1 aromatic heterocycles. The fourth-order valence-electron chi connectivity index (χ4n) is 1.98. The highest BCUT2D eigenvalue weighted by atomic mass is 16.1. The van der Waals surface area contributed by atoms with E-state index in [9.17, 15) is 4.79 Å². The van der Waals surface area contributed by atoms with E-state index in [-0.39, 0.29) is 11.9 Å². The first-order valence-electron chi connectivity index (χ1n) is 7.19. The summed E-state index contributed by atoms with van der Waals surface area (Å²) in [6, 6.07) is 9.61. The molecule has 22 heavy (non-hydrogen) atoms. The highest BCUT2D eigenvalue weighted by molar-refractivity contribution is 5.89. The Labute approximate surface area is 130 Å². The van der Waals surface area contributed by atoms with Crippen LogP contribution in [0.2, 0.25) is 0 Å². The van der Waals surface area contributed by atoms with E-state index in [1.54, 1.807) is 0 Å². The second kappa shape index (κ2) is 6.89. The Hall–Kier alpha value is -2.63. The molecule has 0 fully saturated rings. The van der Waals surface area contributed by atoms with Crippen molar-refractivity contribution in [1.29, 1.82) is 0 Å². The fourth-order valence-corrected chi connectivity index (χ4v) is 1.98. The summed E-state index contributed by atoms with van der Waals surface area (Å²) in [7, 11) is 0. The van der Waals surface area contributed by atoms with E-state index in [1.807, 2.05) is 51.1 Å². The zero-order valence-electron chi connectivity index (χ0n) is 13.3. The molecular formula is C16H21N5O. The van der Waals surface area contributed by atoms with Crippen LogP contribution in [0.5, 0.6) is 0 Å². The summed E-state index contributed by atoms with van der Waals surface area (Å²) < 4.78 is 0. The van der Waals surface area contributed by atoms with Gasteiger partial charge in [0.15, 0.2) is 0 Å². The number of nitrogens with zero attached hydrogens (tertiary/aromatic N) is 2. The van der Waals surface area contributed by atoms with Gasteiger partial charge < -0.3 is 16.0 Å². The first kappa shape index (κ1) is 15.8. The van der Waals surface area contributed by atoms with Crippen molar-refractivity contribution in [1.82, 2.24) is 9.97 Å². The Balaban J connectivity index is 2.19. The van der Waals surface area contributed by atoms with Gasteiger partial charge >= 0.3 is 0 Å². The molecule has 0 atom stereocenters. The number of benzene rings is 1. The van der Waals surface area contributed by atoms with Crippen molar-refractivity contribution in [3.05, 3.63) is 36.0 Å². The molecule has 2 rings (SSSR count). The number of anilines is 4. The predicted molar refractivity (Wildman–Crippen MR) is 89.6 cm³/mol. The SMILES string of the molecule is CC(=O)Nc1cccc(Nc2cc(C)nc(NC(C)C)n2)c1. The van der Waals surface area contributed by atoms with Crippen molar-refractivity contribution in [2.24, 2.45) is 0 Å². The monoisotopic (exact) mass is 299 g/mol. The van der Waals surface area contributed by atoms with Crippen molar-refractivity contribution < 1.29 is 4.79 Å². The number of hydrogen-bond donors (Lipinski definition) is 3. The molecule has 0 unspecified atom stereocenters. The lowest BCUT2D eigenvalue weighted by molar-refractivity contribution is -0.114. The summed E-state index contributed by atoms with van der Waals surface area (Å²) in [4.78, 5) is 19.9. The lowest BCUT2D eigenvalue weighted by Crippen LogP contribution is -2.13. The fraction of sp³-hybridized carbons (Fsp3) is 0.312. The Morgan fingerprint density at radius 2 is 1.86 bits per heavy atom. The second-order valence-electron chi connectivity index (χ2n) is 5.40. The highest BCUT2D eigenvalue weighted by Gasteiger charge is 2.05. The summed E-state index contributed by atoms with van der Waals surface area (Å²) in [5.41, 5.74) is 2.46. The minimum Gasteiger partial charge on any atom is -0.352 e. The molecule has 1 aromatic carbocycles. The van der Waals surface area contributed by atoms with Crippen LogP contribution in [0.15, 0.2) is 30.3 Å². The molecule has 1 heterocycles. The molecule has 0 aliphatic carbocycles. The summed E-state index contributed by atoms with van der Waals surface area (Å²) in [6.07, 6.45) is 0. The third kappa shape index (κ3) is 4.73. The number of carbonyl (C=O) groups is 1. The third-order valence-electron chi connectivity index (χ3n) is 2.73. The van der Waals surface area contributed by atoms with Crippen LogP contribution >= 0.6 is 0 Å². The molecule has 0 aliphatic rings. The average Bonchev–Trinajstić information content (AvgIpc) is 2.36. The zero-order chi connectivity index (χ0) is 16.1. The molecule has 116 valence electrons. The maximum absolute atomic E-state index is 11.1. The van der Waals surface area contributed by atoms with Crippen molar-refractivity contribution in [3.63, 3.8) is 0 Å². The quantitative estimate of drug-likeness (QED) is 0.789. The first-order valence-corrected chi connectivity index (χ1v) is 7.19. The number of carbonyl (C=O) groups excluding carboxylic acids is 1. The standard InChI is InChI=1S/C16H21N5O/c1-10(2)17-16-18-11(3)8-15(21-16)20-14-7-5-6-13(9-14)19-12(4)22/h5-10H,1-4H3,(H,19,22)(H2,17,18,20,21). The molecule has 2 aromatic rings. The number of amides is 1. The maximum Gasteiger partial charge on any atom is 0.225 e. The Morgan fingerprint density at radius 1 is 1.14 bits per heavy atom. The van der Waals surface area contributed by atoms with Crippen LogP contribution in [0, 0.1) is 6.92 Å². The van der Waals surface area contributed by atoms with E-state index in [2.05, 4.69) is 25.9 Å². The topological polar surface area (TPSA) is 78.9 Å². The van der Waals surface area contributed by atoms with Crippen LogP contribution in [0.3, 0.4) is 0 Å². The van der Waals surface area contributed by atoms with E-state index in [4.69, 9.17) is 0 Å². The van der Waals surface area contributed by atoms with Crippen LogP contribution in [-0.2, 0) is 4.79 Å². The second-order valence-corrected chi connectivity index (χ2v) is 5.40. The van der Waals surface area contributed by atoms with Gasteiger partial charge in [-0.25, -0.2) is 4.98 Å². The molecule has 0 radical (unpaired) electrons. The van der Waals surface area contributed by atoms with Gasteiger partial charge in [0.2, 0.25) is 11.9 Å². The van der Waals surface area contributed by atoms with Crippen LogP contribution < -0.4 is 16.0 Å². The van der Waals surface area contributed by atoms with Crippen LogP contribution in [0.4, 0.5) is 23.1 Å². The number of aromatic nitrogens is 2. The van der Waals surface area contributed by atoms with E-state index in [0.29, 0.717) is 11.8 Å². The van der Waals surface area contributed by atoms with Gasteiger partial charge in [0, 0.05) is 36.1 Å². The molecule has 6 nitrogen and oxygen atoms in total. The minimum absolute atomic E-state index is 0.0987. The molecular weight excluding hydrogens is 278 g/mol. The third-order valence-corrected chi connectivity index (χ3v) is 2.73.